The highest BCUT2D eigenvalue weighted by Gasteiger charge is 2.15. The quantitative estimate of drug-likeness (QED) is 0.670. The molecule has 0 aliphatic rings. The lowest BCUT2D eigenvalue weighted by Gasteiger charge is -2.07. The number of nitrogens with zero attached hydrogens (tertiary/aromatic N) is 1. The van der Waals surface area contributed by atoms with Gasteiger partial charge in [-0.05, 0) is 36.1 Å². The van der Waals surface area contributed by atoms with E-state index in [2.05, 4.69) is 11.4 Å². The number of methoxy groups -OCH3 is 1. The molecule has 2 aromatic rings. The third-order valence-electron chi connectivity index (χ3n) is 2.80. The Kier molecular flexibility index (Phi) is 4.01. The maximum absolute atomic E-state index is 10.9. The Bertz CT molecular complexity index is 595. The molecule has 0 saturated heterocycles. The monoisotopic (exact) mass is 278 g/mol. The van der Waals surface area contributed by atoms with Crippen molar-refractivity contribution in [2.45, 2.75) is 13.5 Å². The minimum absolute atomic E-state index is 0.0320. The average molecular weight is 278 g/mol. The molecule has 0 fully saturated rings. The molecule has 0 spiro atoms. The van der Waals surface area contributed by atoms with E-state index in [0.717, 1.165) is 0 Å². The molecule has 1 heterocycles. The van der Waals surface area contributed by atoms with E-state index in [4.69, 9.17) is 4.74 Å². The van der Waals surface area contributed by atoms with Gasteiger partial charge in [-0.25, -0.2) is 0 Å². The van der Waals surface area contributed by atoms with Crippen LogP contribution in [-0.2, 0) is 6.54 Å². The van der Waals surface area contributed by atoms with Crippen LogP contribution in [0, 0.1) is 17.0 Å². The van der Waals surface area contributed by atoms with Crippen LogP contribution in [0.2, 0.25) is 0 Å². The van der Waals surface area contributed by atoms with Gasteiger partial charge in [0, 0.05) is 23.2 Å². The third kappa shape index (κ3) is 3.03. The van der Waals surface area contributed by atoms with Crippen molar-refractivity contribution in [1.82, 2.24) is 0 Å². The number of ether oxygens (including phenoxy) is 1. The van der Waals surface area contributed by atoms with Crippen molar-refractivity contribution in [3.8, 4) is 5.75 Å². The molecule has 100 valence electrons. The first-order chi connectivity index (χ1) is 9.11. The normalized spacial score (nSPS) is 10.2. The summed E-state index contributed by atoms with van der Waals surface area (Å²) in [6.07, 6.45) is 0. The molecule has 0 saturated carbocycles. The van der Waals surface area contributed by atoms with Gasteiger partial charge in [0.25, 0.3) is 0 Å². The second-order valence-corrected chi connectivity index (χ2v) is 5.02. The molecule has 2 rings (SSSR count). The molecular formula is C13H14N2O3S. The topological polar surface area (TPSA) is 64.4 Å². The van der Waals surface area contributed by atoms with E-state index in [9.17, 15) is 10.1 Å². The van der Waals surface area contributed by atoms with E-state index in [1.807, 2.05) is 12.3 Å². The first-order valence-corrected chi connectivity index (χ1v) is 6.59. The van der Waals surface area contributed by atoms with Crippen molar-refractivity contribution in [3.63, 3.8) is 0 Å². The highest BCUT2D eigenvalue weighted by molar-refractivity contribution is 7.10. The molecule has 5 nitrogen and oxygen atoms in total. The van der Waals surface area contributed by atoms with E-state index in [1.165, 1.54) is 23.6 Å². The van der Waals surface area contributed by atoms with Crippen LogP contribution in [0.1, 0.15) is 10.4 Å². The lowest BCUT2D eigenvalue weighted by atomic mass is 10.2. The maximum atomic E-state index is 10.9. The minimum atomic E-state index is -0.444. The van der Waals surface area contributed by atoms with Gasteiger partial charge < -0.3 is 10.1 Å². The molecule has 0 amide bonds. The maximum Gasteiger partial charge on any atom is 0.312 e. The van der Waals surface area contributed by atoms with Crippen LogP contribution >= 0.6 is 11.3 Å². The van der Waals surface area contributed by atoms with Crippen molar-refractivity contribution in [2.24, 2.45) is 0 Å². The van der Waals surface area contributed by atoms with Gasteiger partial charge in [-0.3, -0.25) is 10.1 Å². The van der Waals surface area contributed by atoms with Gasteiger partial charge in [0.1, 0.15) is 0 Å². The number of nitro groups is 1. The first kappa shape index (κ1) is 13.4. The fourth-order valence-corrected chi connectivity index (χ4v) is 2.56. The minimum Gasteiger partial charge on any atom is -0.490 e. The van der Waals surface area contributed by atoms with Crippen molar-refractivity contribution in [3.05, 3.63) is 50.2 Å². The molecule has 0 bridgehead atoms. The Morgan fingerprint density at radius 3 is 2.79 bits per heavy atom. The van der Waals surface area contributed by atoms with E-state index in [0.29, 0.717) is 12.2 Å². The summed E-state index contributed by atoms with van der Waals surface area (Å²) in [5, 5.41) is 16.1. The molecule has 1 N–H and O–H groups in total. The molecule has 1 aromatic carbocycles. The van der Waals surface area contributed by atoms with Gasteiger partial charge in [0.05, 0.1) is 12.0 Å². The van der Waals surface area contributed by atoms with Crippen LogP contribution < -0.4 is 10.1 Å². The smallest absolute Gasteiger partial charge is 0.312 e. The van der Waals surface area contributed by atoms with Gasteiger partial charge >= 0.3 is 5.69 Å². The predicted molar refractivity (Wildman–Crippen MR) is 76.0 cm³/mol. The Hall–Kier alpha value is -2.08. The standard InChI is InChI=1S/C13H14N2O3S/c1-9-5-6-19-13(9)8-14-10-3-4-12(18-2)11(7-10)15(16)17/h3-7,14H,8H2,1-2H3. The van der Waals surface area contributed by atoms with Crippen molar-refractivity contribution >= 4 is 22.7 Å². The number of anilines is 1. The molecule has 0 atom stereocenters. The second kappa shape index (κ2) is 5.71. The zero-order valence-electron chi connectivity index (χ0n) is 10.7. The summed E-state index contributed by atoms with van der Waals surface area (Å²) in [4.78, 5) is 11.7. The van der Waals surface area contributed by atoms with Gasteiger partial charge in [-0.1, -0.05) is 0 Å². The van der Waals surface area contributed by atoms with Crippen LogP contribution in [0.25, 0.3) is 0 Å². The number of nitrogens with one attached hydrogen (secondary N) is 1. The highest BCUT2D eigenvalue weighted by Crippen LogP contribution is 2.30. The number of hydrogen-bond donors (Lipinski definition) is 1. The predicted octanol–water partition coefficient (Wildman–Crippen LogP) is 3.59. The number of hydrogen-bond acceptors (Lipinski definition) is 5. The van der Waals surface area contributed by atoms with Gasteiger partial charge in [0.2, 0.25) is 0 Å². The first-order valence-electron chi connectivity index (χ1n) is 5.71. The largest absolute Gasteiger partial charge is 0.490 e. The lowest BCUT2D eigenvalue weighted by molar-refractivity contribution is -0.385. The zero-order valence-corrected chi connectivity index (χ0v) is 11.5. The number of aryl methyl sites for hydroxylation is 1. The molecule has 6 heteroatoms. The Morgan fingerprint density at radius 2 is 2.21 bits per heavy atom. The van der Waals surface area contributed by atoms with Gasteiger partial charge in [-0.15, -0.1) is 11.3 Å². The lowest BCUT2D eigenvalue weighted by Crippen LogP contribution is -2.00. The van der Waals surface area contributed by atoms with E-state index >= 15 is 0 Å². The Labute approximate surface area is 115 Å². The van der Waals surface area contributed by atoms with Crippen LogP contribution in [0.4, 0.5) is 11.4 Å². The van der Waals surface area contributed by atoms with Gasteiger partial charge in [0.15, 0.2) is 5.75 Å². The van der Waals surface area contributed by atoms with Gasteiger partial charge in [-0.2, -0.15) is 0 Å². The molecular weight excluding hydrogens is 264 g/mol. The molecule has 0 aliphatic heterocycles. The van der Waals surface area contributed by atoms with Crippen LogP contribution in [0.3, 0.4) is 0 Å². The highest BCUT2D eigenvalue weighted by atomic mass is 32.1. The number of nitro benzene ring substituents is 1. The summed E-state index contributed by atoms with van der Waals surface area (Å²) < 4.78 is 4.96. The fraction of sp³-hybridized carbons (Fsp3) is 0.231. The molecule has 19 heavy (non-hydrogen) atoms. The summed E-state index contributed by atoms with van der Waals surface area (Å²) in [5.74, 6) is 0.267. The summed E-state index contributed by atoms with van der Waals surface area (Å²) in [7, 11) is 1.42. The zero-order chi connectivity index (χ0) is 13.8. The average Bonchev–Trinajstić information content (AvgIpc) is 2.81. The van der Waals surface area contributed by atoms with Crippen molar-refractivity contribution in [2.75, 3.05) is 12.4 Å². The summed E-state index contributed by atoms with van der Waals surface area (Å²) >= 11 is 1.67. The van der Waals surface area contributed by atoms with E-state index < -0.39 is 4.92 Å². The molecule has 1 aromatic heterocycles. The Morgan fingerprint density at radius 1 is 1.42 bits per heavy atom. The number of rotatable bonds is 5. The third-order valence-corrected chi connectivity index (χ3v) is 3.82. The summed E-state index contributed by atoms with van der Waals surface area (Å²) in [6, 6.07) is 6.91. The number of thiophene rings is 1. The van der Waals surface area contributed by atoms with Crippen molar-refractivity contribution in [1.29, 1.82) is 0 Å². The van der Waals surface area contributed by atoms with Crippen LogP contribution in [0.15, 0.2) is 29.6 Å². The van der Waals surface area contributed by atoms with E-state index in [-0.39, 0.29) is 11.4 Å². The SMILES string of the molecule is COc1ccc(NCc2sccc2C)cc1[N+](=O)[O-]. The fourth-order valence-electron chi connectivity index (χ4n) is 1.71. The second-order valence-electron chi connectivity index (χ2n) is 4.02. The number of benzene rings is 1. The summed E-state index contributed by atoms with van der Waals surface area (Å²) in [5.41, 5.74) is 1.90. The summed E-state index contributed by atoms with van der Waals surface area (Å²) in [6.45, 7) is 2.71. The molecule has 0 unspecified atom stereocenters. The molecule has 0 aliphatic carbocycles. The van der Waals surface area contributed by atoms with E-state index in [1.54, 1.807) is 23.5 Å². The molecule has 0 radical (unpaired) electrons. The van der Waals surface area contributed by atoms with Crippen LogP contribution in [0.5, 0.6) is 5.75 Å². The van der Waals surface area contributed by atoms with Crippen molar-refractivity contribution < 1.29 is 9.66 Å². The van der Waals surface area contributed by atoms with Crippen LogP contribution in [-0.4, -0.2) is 12.0 Å². The Balaban J connectivity index is 2.15.